The number of fused-ring (bicyclic) bond motifs is 1. The van der Waals surface area contributed by atoms with Gasteiger partial charge in [0, 0.05) is 11.8 Å². The molecule has 0 aliphatic heterocycles. The van der Waals surface area contributed by atoms with Crippen LogP contribution >= 0.6 is 24.0 Å². The molecule has 0 aliphatic carbocycles. The van der Waals surface area contributed by atoms with E-state index in [1.807, 2.05) is 23.9 Å². The SMILES string of the molecule is CCCOc1cccc2c1[nH]c(=S)n2C(C)CSCC. The third-order valence-electron chi connectivity index (χ3n) is 3.18. The van der Waals surface area contributed by atoms with Crippen LogP contribution < -0.4 is 4.74 Å². The number of H-pyrrole nitrogens is 1. The first-order valence-electron chi connectivity index (χ1n) is 7.12. The summed E-state index contributed by atoms with van der Waals surface area (Å²) in [6, 6.07) is 6.52. The van der Waals surface area contributed by atoms with Crippen LogP contribution in [-0.4, -0.2) is 27.7 Å². The van der Waals surface area contributed by atoms with Gasteiger partial charge in [0.25, 0.3) is 0 Å². The van der Waals surface area contributed by atoms with E-state index >= 15 is 0 Å². The van der Waals surface area contributed by atoms with Gasteiger partial charge in [0.1, 0.15) is 11.3 Å². The molecule has 1 aromatic carbocycles. The fourth-order valence-electron chi connectivity index (χ4n) is 2.26. The molecule has 0 amide bonds. The molecule has 0 fully saturated rings. The summed E-state index contributed by atoms with van der Waals surface area (Å²) in [4.78, 5) is 3.31. The Morgan fingerprint density at radius 2 is 2.20 bits per heavy atom. The maximum atomic E-state index is 5.80. The van der Waals surface area contributed by atoms with Gasteiger partial charge in [-0.1, -0.05) is 19.9 Å². The number of benzene rings is 1. The highest BCUT2D eigenvalue weighted by Gasteiger charge is 2.13. The Bertz CT molecular complexity index is 618. The van der Waals surface area contributed by atoms with Crippen molar-refractivity contribution in [2.75, 3.05) is 18.1 Å². The molecule has 1 N–H and O–H groups in total. The number of hydrogen-bond donors (Lipinski definition) is 1. The Kier molecular flexibility index (Phi) is 5.54. The first-order valence-corrected chi connectivity index (χ1v) is 8.69. The van der Waals surface area contributed by atoms with Gasteiger partial charge in [-0.05, 0) is 43.4 Å². The lowest BCUT2D eigenvalue weighted by molar-refractivity contribution is 0.320. The number of para-hydroxylation sites is 1. The monoisotopic (exact) mass is 310 g/mol. The van der Waals surface area contributed by atoms with Crippen molar-refractivity contribution in [1.29, 1.82) is 0 Å². The van der Waals surface area contributed by atoms with Crippen LogP contribution in [0.25, 0.3) is 11.0 Å². The smallest absolute Gasteiger partial charge is 0.178 e. The van der Waals surface area contributed by atoms with Gasteiger partial charge in [-0.3, -0.25) is 0 Å². The predicted octanol–water partition coefficient (Wildman–Crippen LogP) is 4.80. The van der Waals surface area contributed by atoms with E-state index < -0.39 is 0 Å². The number of nitrogens with one attached hydrogen (secondary N) is 1. The van der Waals surface area contributed by atoms with Crippen LogP contribution in [0.5, 0.6) is 5.75 Å². The average Bonchev–Trinajstić information content (AvgIpc) is 2.79. The van der Waals surface area contributed by atoms with Crippen molar-refractivity contribution >= 4 is 35.0 Å². The molecule has 1 atom stereocenters. The summed E-state index contributed by atoms with van der Waals surface area (Å²) in [5.74, 6) is 3.09. The van der Waals surface area contributed by atoms with Gasteiger partial charge < -0.3 is 14.3 Å². The van der Waals surface area contributed by atoms with Gasteiger partial charge in [-0.2, -0.15) is 11.8 Å². The minimum absolute atomic E-state index is 0.377. The van der Waals surface area contributed by atoms with E-state index in [2.05, 4.69) is 36.4 Å². The van der Waals surface area contributed by atoms with Crippen molar-refractivity contribution in [2.45, 2.75) is 33.2 Å². The Morgan fingerprint density at radius 3 is 2.90 bits per heavy atom. The van der Waals surface area contributed by atoms with E-state index in [1.54, 1.807) is 0 Å². The molecule has 20 heavy (non-hydrogen) atoms. The summed E-state index contributed by atoms with van der Waals surface area (Å²) in [5.41, 5.74) is 2.15. The summed E-state index contributed by atoms with van der Waals surface area (Å²) in [6.07, 6.45) is 1.00. The molecule has 3 nitrogen and oxygen atoms in total. The molecule has 0 saturated carbocycles. The van der Waals surface area contributed by atoms with Crippen LogP contribution in [0.4, 0.5) is 0 Å². The number of hydrogen-bond acceptors (Lipinski definition) is 3. The van der Waals surface area contributed by atoms with Crippen LogP contribution in [0.3, 0.4) is 0 Å². The van der Waals surface area contributed by atoms with Crippen molar-refractivity contribution in [3.8, 4) is 5.75 Å². The molecular formula is C15H22N2OS2. The van der Waals surface area contributed by atoms with Crippen LogP contribution in [0.1, 0.15) is 33.2 Å². The van der Waals surface area contributed by atoms with Crippen LogP contribution in [0, 0.1) is 4.77 Å². The zero-order valence-electron chi connectivity index (χ0n) is 12.3. The minimum atomic E-state index is 0.377. The molecule has 0 bridgehead atoms. The lowest BCUT2D eigenvalue weighted by atomic mass is 10.2. The fraction of sp³-hybridized carbons (Fsp3) is 0.533. The Morgan fingerprint density at radius 1 is 1.40 bits per heavy atom. The van der Waals surface area contributed by atoms with Crippen LogP contribution in [0.15, 0.2) is 18.2 Å². The number of imidazole rings is 1. The molecule has 110 valence electrons. The molecule has 1 heterocycles. The molecule has 0 radical (unpaired) electrons. The molecule has 0 aliphatic rings. The summed E-state index contributed by atoms with van der Waals surface area (Å²) in [7, 11) is 0. The fourth-order valence-corrected chi connectivity index (χ4v) is 3.36. The maximum absolute atomic E-state index is 5.80. The molecule has 2 aromatic rings. The third-order valence-corrected chi connectivity index (χ3v) is 4.61. The summed E-state index contributed by atoms with van der Waals surface area (Å²) < 4.78 is 8.78. The van der Waals surface area contributed by atoms with E-state index in [0.29, 0.717) is 6.04 Å². The molecule has 2 rings (SSSR count). The van der Waals surface area contributed by atoms with Gasteiger partial charge in [0.2, 0.25) is 0 Å². The molecular weight excluding hydrogens is 288 g/mol. The Labute approximate surface area is 129 Å². The average molecular weight is 310 g/mol. The van der Waals surface area contributed by atoms with E-state index in [0.717, 1.165) is 46.1 Å². The molecule has 1 unspecified atom stereocenters. The number of rotatable bonds is 7. The van der Waals surface area contributed by atoms with Crippen molar-refractivity contribution in [1.82, 2.24) is 9.55 Å². The highest BCUT2D eigenvalue weighted by atomic mass is 32.2. The van der Waals surface area contributed by atoms with Gasteiger partial charge in [0.15, 0.2) is 4.77 Å². The quantitative estimate of drug-likeness (QED) is 0.745. The Balaban J connectivity index is 2.41. The van der Waals surface area contributed by atoms with Gasteiger partial charge in [-0.15, -0.1) is 0 Å². The van der Waals surface area contributed by atoms with Crippen molar-refractivity contribution in [2.24, 2.45) is 0 Å². The first-order chi connectivity index (χ1) is 9.69. The first kappa shape index (κ1) is 15.4. The second-order valence-electron chi connectivity index (χ2n) is 4.81. The lowest BCUT2D eigenvalue weighted by Gasteiger charge is -2.14. The zero-order valence-corrected chi connectivity index (χ0v) is 13.9. The van der Waals surface area contributed by atoms with Crippen molar-refractivity contribution < 1.29 is 4.74 Å². The van der Waals surface area contributed by atoms with Crippen LogP contribution in [0.2, 0.25) is 0 Å². The summed E-state index contributed by atoms with van der Waals surface area (Å²) >= 11 is 7.43. The van der Waals surface area contributed by atoms with Crippen LogP contribution in [-0.2, 0) is 0 Å². The number of aromatic amines is 1. The maximum Gasteiger partial charge on any atom is 0.178 e. The van der Waals surface area contributed by atoms with Gasteiger partial charge in [0.05, 0.1) is 12.1 Å². The van der Waals surface area contributed by atoms with E-state index in [9.17, 15) is 0 Å². The second kappa shape index (κ2) is 7.18. The second-order valence-corrected chi connectivity index (χ2v) is 6.51. The molecule has 0 saturated heterocycles. The molecule has 0 spiro atoms. The normalized spacial score (nSPS) is 12.8. The van der Waals surface area contributed by atoms with Crippen molar-refractivity contribution in [3.63, 3.8) is 0 Å². The molecule has 1 aromatic heterocycles. The molecule has 5 heteroatoms. The largest absolute Gasteiger partial charge is 0.491 e. The van der Waals surface area contributed by atoms with Gasteiger partial charge >= 0.3 is 0 Å². The van der Waals surface area contributed by atoms with Gasteiger partial charge in [-0.25, -0.2) is 0 Å². The Hall–Kier alpha value is -0.940. The third kappa shape index (κ3) is 3.20. The number of nitrogens with zero attached hydrogens (tertiary/aromatic N) is 1. The predicted molar refractivity (Wildman–Crippen MR) is 90.6 cm³/mol. The van der Waals surface area contributed by atoms with Crippen molar-refractivity contribution in [3.05, 3.63) is 23.0 Å². The highest BCUT2D eigenvalue weighted by molar-refractivity contribution is 7.99. The minimum Gasteiger partial charge on any atom is -0.491 e. The topological polar surface area (TPSA) is 29.9 Å². The van der Waals surface area contributed by atoms with E-state index in [-0.39, 0.29) is 0 Å². The van der Waals surface area contributed by atoms with E-state index in [4.69, 9.17) is 17.0 Å². The summed E-state index contributed by atoms with van der Waals surface area (Å²) in [6.45, 7) is 7.23. The lowest BCUT2D eigenvalue weighted by Crippen LogP contribution is -2.08. The summed E-state index contributed by atoms with van der Waals surface area (Å²) in [5, 5.41) is 0. The number of thioether (sulfide) groups is 1. The number of aromatic nitrogens is 2. The number of ether oxygens (including phenoxy) is 1. The highest BCUT2D eigenvalue weighted by Crippen LogP contribution is 2.28. The standard InChI is InChI=1S/C15H22N2OS2/c1-4-9-18-13-8-6-7-12-14(13)16-15(19)17(12)11(3)10-20-5-2/h6-8,11H,4-5,9-10H2,1-3H3,(H,16,19). The van der Waals surface area contributed by atoms with E-state index in [1.165, 1.54) is 0 Å². The zero-order chi connectivity index (χ0) is 14.5.